The molecular weight excluding hydrogens is 205 g/mol. The Hall–Kier alpha value is 0.450. The first-order valence-corrected chi connectivity index (χ1v) is 5.50. The van der Waals surface area contributed by atoms with Gasteiger partial charge in [-0.1, -0.05) is 11.6 Å². The van der Waals surface area contributed by atoms with Crippen molar-refractivity contribution in [3.05, 3.63) is 0 Å². The Kier molecular flexibility index (Phi) is 3.88. The minimum Gasteiger partial charge on any atom is -0.357 e. The van der Waals surface area contributed by atoms with Gasteiger partial charge in [-0.15, -0.1) is 0 Å². The molecule has 0 aromatic heterocycles. The summed E-state index contributed by atoms with van der Waals surface area (Å²) in [6.07, 6.45) is 0.742. The number of ether oxygens (including phenoxy) is 1. The fraction of sp³-hybridized carbons (Fsp3) is 1.00. The lowest BCUT2D eigenvalue weighted by Gasteiger charge is -2.06. The molecule has 0 aromatic rings. The molecule has 3 atom stereocenters. The van der Waals surface area contributed by atoms with E-state index >= 15 is 0 Å². The Bertz CT molecular complexity index is 166. The van der Waals surface area contributed by atoms with Gasteiger partial charge in [0.2, 0.25) is 0 Å². The normalized spacial score (nSPS) is 38.5. The predicted molar refractivity (Wildman–Crippen MR) is 43.0 cm³/mol. The third-order valence-electron chi connectivity index (χ3n) is 1.57. The van der Waals surface area contributed by atoms with E-state index in [2.05, 4.69) is 0 Å². The molecule has 1 saturated heterocycles. The van der Waals surface area contributed by atoms with E-state index in [1.807, 2.05) is 0 Å². The quantitative estimate of drug-likeness (QED) is 0.532. The number of hydrogen-bond donors (Lipinski definition) is 0. The van der Waals surface area contributed by atoms with Crippen LogP contribution in [-0.4, -0.2) is 23.5 Å². The van der Waals surface area contributed by atoms with Crippen LogP contribution in [-0.2, 0) is 13.9 Å². The van der Waals surface area contributed by atoms with E-state index in [4.69, 9.17) is 16.3 Å². The van der Waals surface area contributed by atoms with Crippen molar-refractivity contribution in [1.82, 2.24) is 0 Å². The van der Waals surface area contributed by atoms with E-state index in [9.17, 15) is 9.13 Å². The summed E-state index contributed by atoms with van der Waals surface area (Å²) >= 11 is 5.65. The summed E-state index contributed by atoms with van der Waals surface area (Å²) in [6.45, 7) is 0. The molecule has 0 amide bonds. The lowest BCUT2D eigenvalue weighted by Crippen LogP contribution is -2.17. The van der Waals surface area contributed by atoms with Crippen LogP contribution in [0.5, 0.6) is 0 Å². The molecular formula is C5H7ClO3P2. The summed E-state index contributed by atoms with van der Waals surface area (Å²) in [5.74, 6) is 0. The maximum Gasteiger partial charge on any atom is 0.161 e. The van der Waals surface area contributed by atoms with Gasteiger partial charge in [0.1, 0.15) is 5.56 Å². The largest absolute Gasteiger partial charge is 0.357 e. The van der Waals surface area contributed by atoms with E-state index in [0.29, 0.717) is 12.6 Å². The summed E-state index contributed by atoms with van der Waals surface area (Å²) in [5, 5.41) is 0. The summed E-state index contributed by atoms with van der Waals surface area (Å²) in [5.41, 5.74) is -0.452. The molecule has 0 N–H and O–H groups in total. The highest BCUT2D eigenvalue weighted by Crippen LogP contribution is 2.32. The van der Waals surface area contributed by atoms with Crippen LogP contribution in [0.25, 0.3) is 0 Å². The summed E-state index contributed by atoms with van der Waals surface area (Å²) in [4.78, 5) is 0. The van der Waals surface area contributed by atoms with E-state index in [1.165, 1.54) is 0 Å². The average Bonchev–Trinajstić information content (AvgIpc) is 2.32. The second-order valence-corrected chi connectivity index (χ2v) is 4.29. The van der Waals surface area contributed by atoms with Gasteiger partial charge < -0.3 is 4.74 Å². The van der Waals surface area contributed by atoms with Crippen LogP contribution in [0.2, 0.25) is 0 Å². The Morgan fingerprint density at radius 2 is 2.27 bits per heavy atom. The van der Waals surface area contributed by atoms with Crippen molar-refractivity contribution in [2.24, 2.45) is 0 Å². The topological polar surface area (TPSA) is 43.4 Å². The minimum absolute atomic E-state index is 0.0183. The number of halogens is 1. The Balaban J connectivity index is 2.49. The Morgan fingerprint density at radius 1 is 1.55 bits per heavy atom. The third-order valence-corrected chi connectivity index (χ3v) is 3.17. The summed E-state index contributed by atoms with van der Waals surface area (Å²) in [7, 11) is 0.0514. The number of alkyl halides is 1. The molecule has 0 radical (unpaired) electrons. The first-order valence-electron chi connectivity index (χ1n) is 3.19. The van der Waals surface area contributed by atoms with Crippen molar-refractivity contribution in [3.8, 4) is 0 Å². The Labute approximate surface area is 72.8 Å². The molecule has 0 bridgehead atoms. The van der Waals surface area contributed by atoms with Gasteiger partial charge in [-0.05, 0) is 0 Å². The second-order valence-electron chi connectivity index (χ2n) is 2.30. The van der Waals surface area contributed by atoms with Gasteiger partial charge in [0, 0.05) is 6.42 Å². The predicted octanol–water partition coefficient (Wildman–Crippen LogP) is 2.29. The van der Waals surface area contributed by atoms with Crippen molar-refractivity contribution in [3.63, 3.8) is 0 Å². The highest BCUT2D eigenvalue weighted by atomic mass is 35.5. The zero-order valence-electron chi connectivity index (χ0n) is 5.64. The van der Waals surface area contributed by atoms with Gasteiger partial charge in [-0.25, -0.2) is 0 Å². The zero-order valence-corrected chi connectivity index (χ0v) is 8.19. The van der Waals surface area contributed by atoms with Crippen LogP contribution < -0.4 is 0 Å². The molecule has 1 aliphatic heterocycles. The maximum absolute atomic E-state index is 10.5. The molecule has 0 unspecified atom stereocenters. The highest BCUT2D eigenvalue weighted by Gasteiger charge is 2.34. The molecule has 62 valence electrons. The van der Waals surface area contributed by atoms with Crippen molar-refractivity contribution >= 4 is 28.5 Å². The first kappa shape index (κ1) is 9.54. The average molecular weight is 213 g/mol. The number of rotatable bonds is 3. The molecule has 1 rings (SSSR count). The molecule has 0 spiro atoms. The smallest absolute Gasteiger partial charge is 0.161 e. The van der Waals surface area contributed by atoms with E-state index in [-0.39, 0.29) is 34.2 Å². The first-order chi connectivity index (χ1) is 5.27. The molecule has 0 aromatic carbocycles. The van der Waals surface area contributed by atoms with Crippen LogP contribution >= 0.6 is 28.5 Å². The van der Waals surface area contributed by atoms with Crippen LogP contribution in [0, 0.1) is 0 Å². The molecule has 1 fully saturated rings. The van der Waals surface area contributed by atoms with Crippen LogP contribution in [0.1, 0.15) is 6.42 Å². The molecule has 6 heteroatoms. The third kappa shape index (κ3) is 2.45. The SMILES string of the molecule is O=PC[C@H]1O[C@H](Cl)C[C@@H]1P=O. The van der Waals surface area contributed by atoms with E-state index in [0.717, 1.165) is 0 Å². The second kappa shape index (κ2) is 4.47. The lowest BCUT2D eigenvalue weighted by molar-refractivity contribution is 0.105. The van der Waals surface area contributed by atoms with Gasteiger partial charge in [0.05, 0.1) is 17.9 Å². The fourth-order valence-corrected chi connectivity index (χ4v) is 2.72. The van der Waals surface area contributed by atoms with Crippen LogP contribution in [0.15, 0.2) is 0 Å². The van der Waals surface area contributed by atoms with E-state index in [1.54, 1.807) is 0 Å². The minimum atomic E-state index is -0.367. The van der Waals surface area contributed by atoms with Crippen molar-refractivity contribution in [2.45, 2.75) is 23.7 Å². The van der Waals surface area contributed by atoms with Crippen LogP contribution in [0.4, 0.5) is 0 Å². The van der Waals surface area contributed by atoms with Gasteiger partial charge in [-0.2, -0.15) is 0 Å². The summed E-state index contributed by atoms with van der Waals surface area (Å²) < 4.78 is 25.8. The Morgan fingerprint density at radius 3 is 2.82 bits per heavy atom. The van der Waals surface area contributed by atoms with Crippen molar-refractivity contribution in [1.29, 1.82) is 0 Å². The molecule has 1 aliphatic rings. The van der Waals surface area contributed by atoms with E-state index < -0.39 is 0 Å². The molecule has 1 heterocycles. The number of hydrogen-bond acceptors (Lipinski definition) is 3. The van der Waals surface area contributed by atoms with Gasteiger partial charge in [0.25, 0.3) is 0 Å². The van der Waals surface area contributed by atoms with Gasteiger partial charge in [-0.3, -0.25) is 9.13 Å². The lowest BCUT2D eigenvalue weighted by atomic mass is 10.2. The van der Waals surface area contributed by atoms with Gasteiger partial charge >= 0.3 is 0 Å². The highest BCUT2D eigenvalue weighted by molar-refractivity contribution is 7.25. The standard InChI is InChI=1S/C5H7ClO3P2/c6-5-1-4(11-8)3(9-5)2-10-7/h3-5H,1-2H2/t3-,4+,5+/m1/s1. The zero-order chi connectivity index (χ0) is 8.27. The molecule has 11 heavy (non-hydrogen) atoms. The monoisotopic (exact) mass is 212 g/mol. The van der Waals surface area contributed by atoms with Crippen molar-refractivity contribution in [2.75, 3.05) is 6.16 Å². The molecule has 0 saturated carbocycles. The molecule has 3 nitrogen and oxygen atoms in total. The maximum atomic E-state index is 10.5. The molecule has 0 aliphatic carbocycles. The van der Waals surface area contributed by atoms with Crippen LogP contribution in [0.3, 0.4) is 0 Å². The van der Waals surface area contributed by atoms with Gasteiger partial charge in [0.15, 0.2) is 16.9 Å². The van der Waals surface area contributed by atoms with Crippen molar-refractivity contribution < 1.29 is 13.9 Å². The summed E-state index contributed by atoms with van der Waals surface area (Å²) in [6, 6.07) is 0. The fourth-order valence-electron chi connectivity index (χ4n) is 1.03.